The molecule has 1 aromatic carbocycles. The number of carbonyl (C=O) groups excluding carboxylic acids is 1. The predicted octanol–water partition coefficient (Wildman–Crippen LogP) is 3.59. The van der Waals surface area contributed by atoms with Gasteiger partial charge in [0.1, 0.15) is 5.76 Å². The van der Waals surface area contributed by atoms with E-state index in [1.165, 1.54) is 19.6 Å². The van der Waals surface area contributed by atoms with Gasteiger partial charge in [-0.3, -0.25) is 4.79 Å². The van der Waals surface area contributed by atoms with Gasteiger partial charge in [0, 0.05) is 8.95 Å². The number of amides is 1. The lowest BCUT2D eigenvalue weighted by molar-refractivity contribution is 0.0953. The van der Waals surface area contributed by atoms with Gasteiger partial charge in [0.05, 0.1) is 30.7 Å². The third-order valence-electron chi connectivity index (χ3n) is 2.88. The van der Waals surface area contributed by atoms with E-state index in [0.717, 1.165) is 0 Å². The highest BCUT2D eigenvalue weighted by molar-refractivity contribution is 9.13. The SMILES string of the molecule is COc1cc(Br)c(Br)c(C=NNC(=O)c2ccoc2C)c1O. The molecule has 0 aliphatic rings. The number of aryl methyl sites for hydroxylation is 1. The van der Waals surface area contributed by atoms with Crippen LogP contribution in [0.1, 0.15) is 21.7 Å². The number of benzene rings is 1. The Morgan fingerprint density at radius 2 is 2.23 bits per heavy atom. The van der Waals surface area contributed by atoms with E-state index in [1.54, 1.807) is 19.1 Å². The second kappa shape index (κ2) is 6.97. The maximum atomic E-state index is 11.9. The summed E-state index contributed by atoms with van der Waals surface area (Å²) in [6, 6.07) is 3.17. The zero-order valence-corrected chi connectivity index (χ0v) is 14.9. The minimum Gasteiger partial charge on any atom is -0.504 e. The molecule has 2 rings (SSSR count). The van der Waals surface area contributed by atoms with Crippen molar-refractivity contribution in [1.29, 1.82) is 0 Å². The number of phenols is 1. The van der Waals surface area contributed by atoms with E-state index in [2.05, 4.69) is 42.4 Å². The van der Waals surface area contributed by atoms with Gasteiger partial charge in [-0.15, -0.1) is 0 Å². The fourth-order valence-electron chi connectivity index (χ4n) is 1.72. The molecule has 2 N–H and O–H groups in total. The molecule has 1 amide bonds. The molecule has 8 heteroatoms. The van der Waals surface area contributed by atoms with Crippen molar-refractivity contribution >= 4 is 44.0 Å². The summed E-state index contributed by atoms with van der Waals surface area (Å²) in [4.78, 5) is 11.9. The van der Waals surface area contributed by atoms with Crippen LogP contribution in [0.3, 0.4) is 0 Å². The molecule has 0 fully saturated rings. The number of aromatic hydroxyl groups is 1. The van der Waals surface area contributed by atoms with Gasteiger partial charge in [-0.2, -0.15) is 5.10 Å². The summed E-state index contributed by atoms with van der Waals surface area (Å²) in [5.41, 5.74) is 3.13. The molecule has 0 unspecified atom stereocenters. The fourth-order valence-corrected chi connectivity index (χ4v) is 2.55. The number of ether oxygens (including phenoxy) is 1. The molecule has 1 heterocycles. The van der Waals surface area contributed by atoms with E-state index in [-0.39, 0.29) is 11.5 Å². The number of hydrogen-bond donors (Lipinski definition) is 2. The first-order valence-electron chi connectivity index (χ1n) is 6.08. The largest absolute Gasteiger partial charge is 0.504 e. The lowest BCUT2D eigenvalue weighted by Crippen LogP contribution is -2.17. The number of nitrogens with one attached hydrogen (secondary N) is 1. The van der Waals surface area contributed by atoms with Crippen molar-refractivity contribution < 1.29 is 19.1 Å². The molecule has 116 valence electrons. The Bertz CT molecular complexity index is 741. The van der Waals surface area contributed by atoms with Crippen LogP contribution in [0.2, 0.25) is 0 Å². The molecule has 0 saturated carbocycles. The standard InChI is InChI=1S/C14H12Br2N2O4/c1-7-8(3-4-22-7)14(20)18-17-6-9-12(16)10(15)5-11(21-2)13(9)19/h3-6,19H,1-2H3,(H,18,20). The Kier molecular flexibility index (Phi) is 5.25. The summed E-state index contributed by atoms with van der Waals surface area (Å²) in [6.45, 7) is 1.68. The third-order valence-corrected chi connectivity index (χ3v) is 4.89. The van der Waals surface area contributed by atoms with Gasteiger partial charge < -0.3 is 14.3 Å². The average molecular weight is 432 g/mol. The van der Waals surface area contributed by atoms with Crippen LogP contribution in [-0.4, -0.2) is 24.3 Å². The Hall–Kier alpha value is -1.80. The minimum atomic E-state index is -0.403. The molecule has 0 radical (unpaired) electrons. The molecule has 1 aromatic heterocycles. The molecule has 0 bridgehead atoms. The van der Waals surface area contributed by atoms with Crippen LogP contribution >= 0.6 is 31.9 Å². The van der Waals surface area contributed by atoms with Crippen molar-refractivity contribution in [2.24, 2.45) is 5.10 Å². The number of rotatable bonds is 4. The average Bonchev–Trinajstić information content (AvgIpc) is 2.92. The molecule has 0 atom stereocenters. The van der Waals surface area contributed by atoms with Crippen molar-refractivity contribution in [2.75, 3.05) is 7.11 Å². The summed E-state index contributed by atoms with van der Waals surface area (Å²) in [7, 11) is 1.44. The first kappa shape index (κ1) is 16.6. The summed E-state index contributed by atoms with van der Waals surface area (Å²) in [5.74, 6) is 0.296. The molecule has 22 heavy (non-hydrogen) atoms. The number of nitrogens with zero attached hydrogens (tertiary/aromatic N) is 1. The maximum Gasteiger partial charge on any atom is 0.274 e. The van der Waals surface area contributed by atoms with E-state index in [9.17, 15) is 9.90 Å². The van der Waals surface area contributed by atoms with Crippen LogP contribution in [0.25, 0.3) is 0 Å². The van der Waals surface area contributed by atoms with Crippen LogP contribution in [0, 0.1) is 6.92 Å². The van der Waals surface area contributed by atoms with Crippen molar-refractivity contribution in [3.05, 3.63) is 44.2 Å². The zero-order valence-electron chi connectivity index (χ0n) is 11.7. The topological polar surface area (TPSA) is 84.1 Å². The van der Waals surface area contributed by atoms with Crippen molar-refractivity contribution in [3.8, 4) is 11.5 Å². The van der Waals surface area contributed by atoms with Crippen molar-refractivity contribution in [1.82, 2.24) is 5.43 Å². The van der Waals surface area contributed by atoms with Crippen molar-refractivity contribution in [2.45, 2.75) is 6.92 Å². The monoisotopic (exact) mass is 430 g/mol. The Morgan fingerprint density at radius 3 is 2.82 bits per heavy atom. The van der Waals surface area contributed by atoms with Crippen LogP contribution < -0.4 is 10.2 Å². The van der Waals surface area contributed by atoms with E-state index >= 15 is 0 Å². The summed E-state index contributed by atoms with van der Waals surface area (Å²) in [5, 5.41) is 13.9. The highest BCUT2D eigenvalue weighted by atomic mass is 79.9. The van der Waals surface area contributed by atoms with Gasteiger partial charge in [-0.05, 0) is 50.9 Å². The number of carbonyl (C=O) groups is 1. The molecule has 0 aliphatic carbocycles. The van der Waals surface area contributed by atoms with Crippen LogP contribution in [-0.2, 0) is 0 Å². The molecule has 0 aliphatic heterocycles. The zero-order chi connectivity index (χ0) is 16.3. The van der Waals surface area contributed by atoms with Crippen LogP contribution in [0.4, 0.5) is 0 Å². The molecular formula is C14H12Br2N2O4. The van der Waals surface area contributed by atoms with Crippen LogP contribution in [0.5, 0.6) is 11.5 Å². The lowest BCUT2D eigenvalue weighted by atomic mass is 10.2. The van der Waals surface area contributed by atoms with E-state index in [1.807, 2.05) is 0 Å². The van der Waals surface area contributed by atoms with Gasteiger partial charge in [-0.25, -0.2) is 5.43 Å². The maximum absolute atomic E-state index is 11.9. The van der Waals surface area contributed by atoms with E-state index < -0.39 is 5.91 Å². The Morgan fingerprint density at radius 1 is 1.50 bits per heavy atom. The minimum absolute atomic E-state index is 0.0879. The Balaban J connectivity index is 2.22. The number of halogens is 2. The summed E-state index contributed by atoms with van der Waals surface area (Å²) in [6.07, 6.45) is 2.75. The lowest BCUT2D eigenvalue weighted by Gasteiger charge is -2.09. The number of furan rings is 1. The van der Waals surface area contributed by atoms with Gasteiger partial charge in [-0.1, -0.05) is 0 Å². The number of methoxy groups -OCH3 is 1. The number of hydrogen-bond acceptors (Lipinski definition) is 5. The smallest absolute Gasteiger partial charge is 0.274 e. The molecule has 6 nitrogen and oxygen atoms in total. The van der Waals surface area contributed by atoms with Crippen LogP contribution in [0.15, 0.2) is 36.9 Å². The van der Waals surface area contributed by atoms with Crippen molar-refractivity contribution in [3.63, 3.8) is 0 Å². The second-order valence-corrected chi connectivity index (χ2v) is 5.87. The van der Waals surface area contributed by atoms with Gasteiger partial charge in [0.2, 0.25) is 0 Å². The highest BCUT2D eigenvalue weighted by Crippen LogP contribution is 2.39. The first-order valence-corrected chi connectivity index (χ1v) is 7.66. The second-order valence-electron chi connectivity index (χ2n) is 4.23. The summed E-state index contributed by atoms with van der Waals surface area (Å²) >= 11 is 6.66. The molecule has 2 aromatic rings. The van der Waals surface area contributed by atoms with E-state index in [4.69, 9.17) is 9.15 Å². The van der Waals surface area contributed by atoms with Gasteiger partial charge in [0.25, 0.3) is 5.91 Å². The molecule has 0 saturated heterocycles. The molecule has 0 spiro atoms. The molecular weight excluding hydrogens is 420 g/mol. The number of phenolic OH excluding ortho intramolecular Hbond substituents is 1. The highest BCUT2D eigenvalue weighted by Gasteiger charge is 2.15. The third kappa shape index (κ3) is 3.33. The normalized spacial score (nSPS) is 10.9. The van der Waals surface area contributed by atoms with Gasteiger partial charge in [0.15, 0.2) is 11.5 Å². The van der Waals surface area contributed by atoms with Gasteiger partial charge >= 0.3 is 0 Å². The Labute approximate surface area is 143 Å². The predicted molar refractivity (Wildman–Crippen MR) is 88.6 cm³/mol. The fraction of sp³-hybridized carbons (Fsp3) is 0.143. The van der Waals surface area contributed by atoms with E-state index in [0.29, 0.717) is 25.8 Å². The first-order chi connectivity index (χ1) is 10.5. The summed E-state index contributed by atoms with van der Waals surface area (Å²) < 4.78 is 11.4. The quantitative estimate of drug-likeness (QED) is 0.572. The number of hydrazone groups is 1.